The Hall–Kier alpha value is -3.41. The van der Waals surface area contributed by atoms with E-state index in [9.17, 15) is 4.79 Å². The zero-order valence-electron chi connectivity index (χ0n) is 15.3. The van der Waals surface area contributed by atoms with Gasteiger partial charge >= 0.3 is 5.97 Å². The first-order valence-corrected chi connectivity index (χ1v) is 8.97. The molecule has 6 nitrogen and oxygen atoms in total. The molecule has 0 amide bonds. The Morgan fingerprint density at radius 1 is 1.15 bits per heavy atom. The Kier molecular flexibility index (Phi) is 4.24. The number of aryl methyl sites for hydroxylation is 1. The summed E-state index contributed by atoms with van der Waals surface area (Å²) < 4.78 is 6.61. The maximum atomic E-state index is 12.1. The molecule has 0 atom stereocenters. The molecule has 0 fully saturated rings. The Balaban J connectivity index is 2.01. The van der Waals surface area contributed by atoms with Crippen LogP contribution in [0.15, 0.2) is 48.7 Å². The molecule has 0 bridgehead atoms. The normalized spacial score (nSPS) is 11.2. The lowest BCUT2D eigenvalue weighted by molar-refractivity contribution is 0.0526. The summed E-state index contributed by atoms with van der Waals surface area (Å²) in [6.45, 7) is 4.07. The van der Waals surface area contributed by atoms with Crippen molar-refractivity contribution in [2.75, 3.05) is 12.3 Å². The fraction of sp³-hybridized carbons (Fsp3) is 0.190. The first-order chi connectivity index (χ1) is 13.2. The third kappa shape index (κ3) is 2.70. The van der Waals surface area contributed by atoms with Gasteiger partial charge in [-0.1, -0.05) is 49.4 Å². The zero-order chi connectivity index (χ0) is 19.0. The lowest BCUT2D eigenvalue weighted by Gasteiger charge is -2.08. The van der Waals surface area contributed by atoms with Gasteiger partial charge in [0.1, 0.15) is 11.4 Å². The van der Waals surface area contributed by atoms with Crippen LogP contribution in [0.2, 0.25) is 0 Å². The lowest BCUT2D eigenvalue weighted by Crippen LogP contribution is -2.12. The first kappa shape index (κ1) is 17.0. The molecule has 2 aromatic carbocycles. The molecule has 4 aromatic rings. The van der Waals surface area contributed by atoms with Gasteiger partial charge in [0, 0.05) is 6.20 Å². The van der Waals surface area contributed by atoms with Gasteiger partial charge in [-0.15, -0.1) is 0 Å². The Bertz CT molecular complexity index is 1160. The summed E-state index contributed by atoms with van der Waals surface area (Å²) in [5, 5.41) is 6.91. The molecule has 0 unspecified atom stereocenters. The average molecular weight is 360 g/mol. The average Bonchev–Trinajstić information content (AvgIpc) is 3.07. The molecule has 4 rings (SSSR count). The van der Waals surface area contributed by atoms with E-state index in [2.05, 4.69) is 34.3 Å². The molecule has 0 radical (unpaired) electrons. The number of ether oxygens (including phenoxy) is 1. The standard InChI is InChI=1S/C21H20N4O2/c1-3-17-18(15-11-7-9-13-8-5-6-10-14(13)15)20-23-12-16(21(26)27-4-2)19(22)25(20)24-17/h5-12H,3-4,22H2,1-2H3. The topological polar surface area (TPSA) is 82.5 Å². The van der Waals surface area contributed by atoms with Crippen molar-refractivity contribution in [1.82, 2.24) is 14.6 Å². The summed E-state index contributed by atoms with van der Waals surface area (Å²) in [7, 11) is 0. The monoisotopic (exact) mass is 360 g/mol. The van der Waals surface area contributed by atoms with Gasteiger partial charge in [-0.2, -0.15) is 9.61 Å². The molecule has 0 saturated heterocycles. The number of carbonyl (C=O) groups is 1. The van der Waals surface area contributed by atoms with Gasteiger partial charge in [-0.25, -0.2) is 9.78 Å². The van der Waals surface area contributed by atoms with Crippen LogP contribution in [0.25, 0.3) is 27.5 Å². The van der Waals surface area contributed by atoms with Gasteiger partial charge in [-0.3, -0.25) is 0 Å². The summed E-state index contributed by atoms with van der Waals surface area (Å²) in [6, 6.07) is 14.4. The summed E-state index contributed by atoms with van der Waals surface area (Å²) in [5.74, 6) is -0.260. The molecule has 0 aliphatic carbocycles. The highest BCUT2D eigenvalue weighted by Gasteiger charge is 2.21. The highest BCUT2D eigenvalue weighted by molar-refractivity contribution is 6.01. The number of benzene rings is 2. The van der Waals surface area contributed by atoms with Gasteiger partial charge in [0.25, 0.3) is 0 Å². The van der Waals surface area contributed by atoms with Crippen LogP contribution >= 0.6 is 0 Å². The summed E-state index contributed by atoms with van der Waals surface area (Å²) >= 11 is 0. The van der Waals surface area contributed by atoms with Crippen molar-refractivity contribution >= 4 is 28.2 Å². The van der Waals surface area contributed by atoms with Gasteiger partial charge in [0.2, 0.25) is 0 Å². The van der Waals surface area contributed by atoms with Crippen LogP contribution in [0.3, 0.4) is 0 Å². The fourth-order valence-corrected chi connectivity index (χ4v) is 3.38. The van der Waals surface area contributed by atoms with Crippen LogP contribution in [0.5, 0.6) is 0 Å². The fourth-order valence-electron chi connectivity index (χ4n) is 3.38. The van der Waals surface area contributed by atoms with E-state index in [0.29, 0.717) is 5.65 Å². The van der Waals surface area contributed by atoms with E-state index in [1.54, 1.807) is 11.4 Å². The SMILES string of the molecule is CCOC(=O)c1cnc2c(-c3cccc4ccccc34)c(CC)nn2c1N. The number of nitrogen functional groups attached to an aromatic ring is 1. The van der Waals surface area contributed by atoms with E-state index < -0.39 is 5.97 Å². The van der Waals surface area contributed by atoms with Crippen molar-refractivity contribution in [2.45, 2.75) is 20.3 Å². The first-order valence-electron chi connectivity index (χ1n) is 8.97. The summed E-state index contributed by atoms with van der Waals surface area (Å²) in [5.41, 5.74) is 9.97. The van der Waals surface area contributed by atoms with Gasteiger partial charge in [0.05, 0.1) is 17.9 Å². The second kappa shape index (κ2) is 6.72. The van der Waals surface area contributed by atoms with Crippen LogP contribution in [0, 0.1) is 0 Å². The molecule has 6 heteroatoms. The third-order valence-electron chi connectivity index (χ3n) is 4.64. The molecule has 2 aromatic heterocycles. The van der Waals surface area contributed by atoms with Gasteiger partial charge in [-0.05, 0) is 29.7 Å². The van der Waals surface area contributed by atoms with Crippen molar-refractivity contribution < 1.29 is 9.53 Å². The number of hydrogen-bond donors (Lipinski definition) is 1. The second-order valence-corrected chi connectivity index (χ2v) is 6.21. The predicted molar refractivity (Wildman–Crippen MR) is 106 cm³/mol. The third-order valence-corrected chi connectivity index (χ3v) is 4.64. The highest BCUT2D eigenvalue weighted by atomic mass is 16.5. The second-order valence-electron chi connectivity index (χ2n) is 6.21. The van der Waals surface area contributed by atoms with E-state index in [0.717, 1.165) is 34.0 Å². The molecule has 0 spiro atoms. The number of anilines is 1. The molecular weight excluding hydrogens is 340 g/mol. The van der Waals surface area contributed by atoms with Gasteiger partial charge in [0.15, 0.2) is 5.65 Å². The smallest absolute Gasteiger partial charge is 0.343 e. The van der Waals surface area contributed by atoms with E-state index in [4.69, 9.17) is 10.5 Å². The maximum Gasteiger partial charge on any atom is 0.343 e. The largest absolute Gasteiger partial charge is 0.462 e. The summed E-state index contributed by atoms with van der Waals surface area (Å²) in [4.78, 5) is 16.6. The minimum Gasteiger partial charge on any atom is -0.462 e. The number of nitrogens with zero attached hydrogens (tertiary/aromatic N) is 3. The van der Waals surface area contributed by atoms with Crippen molar-refractivity contribution in [2.24, 2.45) is 0 Å². The molecule has 136 valence electrons. The van der Waals surface area contributed by atoms with Crippen LogP contribution in [-0.4, -0.2) is 27.2 Å². The van der Waals surface area contributed by atoms with E-state index in [1.165, 1.54) is 6.20 Å². The number of nitrogens with two attached hydrogens (primary N) is 1. The van der Waals surface area contributed by atoms with Crippen LogP contribution in [-0.2, 0) is 11.2 Å². The minimum atomic E-state index is -0.496. The minimum absolute atomic E-state index is 0.221. The van der Waals surface area contributed by atoms with E-state index >= 15 is 0 Å². The molecule has 2 heterocycles. The molecule has 2 N–H and O–H groups in total. The lowest BCUT2D eigenvalue weighted by atomic mass is 9.97. The number of fused-ring (bicyclic) bond motifs is 2. The van der Waals surface area contributed by atoms with E-state index in [1.807, 2.05) is 25.1 Å². The van der Waals surface area contributed by atoms with Crippen LogP contribution in [0.4, 0.5) is 5.82 Å². The van der Waals surface area contributed by atoms with Gasteiger partial charge < -0.3 is 10.5 Å². The number of hydrogen-bond acceptors (Lipinski definition) is 5. The predicted octanol–water partition coefficient (Wildman–Crippen LogP) is 3.87. The Labute approximate surface area is 156 Å². The van der Waals surface area contributed by atoms with Crippen LogP contribution in [0.1, 0.15) is 29.9 Å². The Morgan fingerprint density at radius 3 is 2.70 bits per heavy atom. The maximum absolute atomic E-state index is 12.1. The summed E-state index contributed by atoms with van der Waals surface area (Å²) in [6.07, 6.45) is 2.19. The molecule has 0 saturated carbocycles. The highest BCUT2D eigenvalue weighted by Crippen LogP contribution is 2.34. The molecule has 0 aliphatic rings. The van der Waals surface area contributed by atoms with Crippen LogP contribution < -0.4 is 5.73 Å². The zero-order valence-corrected chi connectivity index (χ0v) is 15.3. The number of carbonyl (C=O) groups excluding carboxylic acids is 1. The number of esters is 1. The van der Waals surface area contributed by atoms with Crippen molar-refractivity contribution in [3.8, 4) is 11.1 Å². The molecule has 0 aliphatic heterocycles. The van der Waals surface area contributed by atoms with Crippen molar-refractivity contribution in [1.29, 1.82) is 0 Å². The Morgan fingerprint density at radius 2 is 1.93 bits per heavy atom. The quantitative estimate of drug-likeness (QED) is 0.559. The van der Waals surface area contributed by atoms with Crippen molar-refractivity contribution in [3.63, 3.8) is 0 Å². The van der Waals surface area contributed by atoms with Crippen molar-refractivity contribution in [3.05, 3.63) is 59.9 Å². The molecule has 27 heavy (non-hydrogen) atoms. The molecular formula is C21H20N4O2. The van der Waals surface area contributed by atoms with E-state index in [-0.39, 0.29) is 18.0 Å². The number of rotatable bonds is 4. The number of aromatic nitrogens is 3.